The summed E-state index contributed by atoms with van der Waals surface area (Å²) in [6, 6.07) is 12.0. The first kappa shape index (κ1) is 16.1. The molecule has 0 aliphatic rings. The summed E-state index contributed by atoms with van der Waals surface area (Å²) < 4.78 is 0. The van der Waals surface area contributed by atoms with E-state index >= 15 is 0 Å². The van der Waals surface area contributed by atoms with E-state index in [9.17, 15) is 25.1 Å². The molecule has 8 heteroatoms. The van der Waals surface area contributed by atoms with Crippen molar-refractivity contribution in [3.8, 4) is 5.75 Å². The molecule has 0 fully saturated rings. The van der Waals surface area contributed by atoms with Gasteiger partial charge in [-0.25, -0.2) is 5.43 Å². The first-order valence-electron chi connectivity index (χ1n) is 6.52. The van der Waals surface area contributed by atoms with Crippen LogP contribution in [0.15, 0.2) is 53.6 Å². The number of hydrazone groups is 1. The molecule has 1 atom stereocenters. The van der Waals surface area contributed by atoms with Crippen LogP contribution in [-0.4, -0.2) is 27.3 Å². The molecule has 0 saturated heterocycles. The van der Waals surface area contributed by atoms with E-state index < -0.39 is 28.4 Å². The zero-order valence-corrected chi connectivity index (χ0v) is 11.8. The second-order valence-corrected chi connectivity index (χ2v) is 4.55. The minimum absolute atomic E-state index is 0.309. The zero-order valence-electron chi connectivity index (χ0n) is 11.8. The van der Waals surface area contributed by atoms with Gasteiger partial charge in [-0.3, -0.25) is 14.9 Å². The van der Waals surface area contributed by atoms with Gasteiger partial charge in [-0.1, -0.05) is 30.3 Å². The van der Waals surface area contributed by atoms with Gasteiger partial charge in [-0.2, -0.15) is 5.10 Å². The summed E-state index contributed by atoms with van der Waals surface area (Å²) in [5.41, 5.74) is 2.40. The Labute approximate surface area is 130 Å². The molecule has 118 valence electrons. The third-order valence-electron chi connectivity index (χ3n) is 2.95. The lowest BCUT2D eigenvalue weighted by Crippen LogP contribution is -2.25. The smallest absolute Gasteiger partial charge is 0.311 e. The summed E-state index contributed by atoms with van der Waals surface area (Å²) in [5, 5.41) is 33.5. The lowest BCUT2D eigenvalue weighted by molar-refractivity contribution is -0.385. The molecule has 2 rings (SSSR count). The minimum Gasteiger partial charge on any atom is -0.502 e. The molecule has 0 bridgehead atoms. The van der Waals surface area contributed by atoms with Crippen LogP contribution in [0.5, 0.6) is 5.75 Å². The van der Waals surface area contributed by atoms with Crippen molar-refractivity contribution in [2.75, 3.05) is 0 Å². The van der Waals surface area contributed by atoms with Gasteiger partial charge in [0.15, 0.2) is 11.9 Å². The molecule has 0 aliphatic carbocycles. The number of benzene rings is 2. The van der Waals surface area contributed by atoms with Crippen LogP contribution >= 0.6 is 0 Å². The zero-order chi connectivity index (χ0) is 16.8. The van der Waals surface area contributed by atoms with Crippen LogP contribution in [0.25, 0.3) is 0 Å². The number of nitro groups is 1. The highest BCUT2D eigenvalue weighted by molar-refractivity contribution is 5.85. The van der Waals surface area contributed by atoms with Crippen LogP contribution in [0.4, 0.5) is 5.69 Å². The van der Waals surface area contributed by atoms with Gasteiger partial charge in [0, 0.05) is 11.6 Å². The van der Waals surface area contributed by atoms with Crippen LogP contribution in [0.3, 0.4) is 0 Å². The van der Waals surface area contributed by atoms with Crippen molar-refractivity contribution in [1.29, 1.82) is 0 Å². The molecule has 0 aliphatic heterocycles. The van der Waals surface area contributed by atoms with E-state index in [1.807, 2.05) is 0 Å². The van der Waals surface area contributed by atoms with E-state index in [1.54, 1.807) is 30.3 Å². The Bertz CT molecular complexity index is 746. The van der Waals surface area contributed by atoms with Gasteiger partial charge < -0.3 is 10.2 Å². The van der Waals surface area contributed by atoms with Crippen molar-refractivity contribution >= 4 is 17.8 Å². The van der Waals surface area contributed by atoms with Crippen LogP contribution < -0.4 is 5.43 Å². The first-order valence-corrected chi connectivity index (χ1v) is 6.52. The third-order valence-corrected chi connectivity index (χ3v) is 2.95. The number of aliphatic hydroxyl groups excluding tert-OH is 1. The predicted molar refractivity (Wildman–Crippen MR) is 81.9 cm³/mol. The number of nitro benzene ring substituents is 1. The van der Waals surface area contributed by atoms with Crippen molar-refractivity contribution in [2.24, 2.45) is 5.10 Å². The molecule has 3 N–H and O–H groups in total. The maximum atomic E-state index is 11.7. The summed E-state index contributed by atoms with van der Waals surface area (Å²) in [6.45, 7) is 0. The molecule has 0 spiro atoms. The first-order chi connectivity index (χ1) is 11.0. The number of aromatic hydroxyl groups is 1. The highest BCUT2D eigenvalue weighted by atomic mass is 16.6. The molecule has 23 heavy (non-hydrogen) atoms. The van der Waals surface area contributed by atoms with E-state index in [4.69, 9.17) is 0 Å². The van der Waals surface area contributed by atoms with Gasteiger partial charge in [-0.15, -0.1) is 0 Å². The number of phenolic OH excluding ortho intramolecular Hbond substituents is 1. The number of hydrogen-bond acceptors (Lipinski definition) is 6. The number of nitrogens with one attached hydrogen (secondary N) is 1. The van der Waals surface area contributed by atoms with Crippen LogP contribution in [-0.2, 0) is 4.79 Å². The molecule has 1 amide bonds. The fraction of sp³-hybridized carbons (Fsp3) is 0.0667. The predicted octanol–water partition coefficient (Wildman–Crippen LogP) is 1.48. The summed E-state index contributed by atoms with van der Waals surface area (Å²) >= 11 is 0. The number of carbonyl (C=O) groups is 1. The van der Waals surface area contributed by atoms with E-state index in [0.717, 1.165) is 12.1 Å². The van der Waals surface area contributed by atoms with E-state index in [2.05, 4.69) is 10.5 Å². The summed E-state index contributed by atoms with van der Waals surface area (Å²) in [4.78, 5) is 21.7. The lowest BCUT2D eigenvalue weighted by Gasteiger charge is -2.08. The minimum atomic E-state index is -1.37. The lowest BCUT2D eigenvalue weighted by atomic mass is 10.1. The van der Waals surface area contributed by atoms with Crippen molar-refractivity contribution in [3.63, 3.8) is 0 Å². The van der Waals surface area contributed by atoms with Gasteiger partial charge in [0.05, 0.1) is 11.1 Å². The Morgan fingerprint density at radius 2 is 1.96 bits per heavy atom. The number of nitrogens with zero attached hydrogens (tertiary/aromatic N) is 2. The average molecular weight is 315 g/mol. The molecule has 0 radical (unpaired) electrons. The van der Waals surface area contributed by atoms with Crippen LogP contribution in [0.2, 0.25) is 0 Å². The Kier molecular flexibility index (Phi) is 5.00. The molecule has 0 heterocycles. The number of aliphatic hydroxyl groups is 1. The Balaban J connectivity index is 2.03. The molecular formula is C15H13N3O5. The third kappa shape index (κ3) is 4.11. The van der Waals surface area contributed by atoms with Crippen molar-refractivity contribution in [3.05, 3.63) is 69.8 Å². The highest BCUT2D eigenvalue weighted by Crippen LogP contribution is 2.25. The monoisotopic (exact) mass is 315 g/mol. The maximum absolute atomic E-state index is 11.7. The summed E-state index contributed by atoms with van der Waals surface area (Å²) in [6.07, 6.45) is -0.204. The van der Waals surface area contributed by atoms with Gasteiger partial charge in [0.2, 0.25) is 0 Å². The number of hydrogen-bond donors (Lipinski definition) is 3. The van der Waals surface area contributed by atoms with Gasteiger partial charge in [-0.05, 0) is 17.7 Å². The van der Waals surface area contributed by atoms with Crippen molar-refractivity contribution in [1.82, 2.24) is 5.43 Å². The van der Waals surface area contributed by atoms with Crippen LogP contribution in [0.1, 0.15) is 17.2 Å². The highest BCUT2D eigenvalue weighted by Gasteiger charge is 2.16. The molecular weight excluding hydrogens is 302 g/mol. The maximum Gasteiger partial charge on any atom is 0.311 e. The standard InChI is InChI=1S/C15H13N3O5/c19-13-7-6-10(8-12(13)18(22)23)9-16-17-15(21)14(20)11-4-2-1-3-5-11/h1-9,14,19-20H,(H,17,21)/b16-9+. The fourth-order valence-electron chi connectivity index (χ4n) is 1.79. The number of amides is 1. The number of carbonyl (C=O) groups excluding carboxylic acids is 1. The Hall–Kier alpha value is -3.26. The number of phenols is 1. The van der Waals surface area contributed by atoms with Crippen molar-refractivity contribution < 1.29 is 19.9 Å². The second-order valence-electron chi connectivity index (χ2n) is 4.55. The number of rotatable bonds is 5. The topological polar surface area (TPSA) is 125 Å². The normalized spacial score (nSPS) is 12.0. The molecule has 2 aromatic rings. The fourth-order valence-corrected chi connectivity index (χ4v) is 1.79. The Morgan fingerprint density at radius 1 is 1.26 bits per heavy atom. The molecule has 0 aromatic heterocycles. The quantitative estimate of drug-likeness (QED) is 0.438. The van der Waals surface area contributed by atoms with Crippen LogP contribution in [0, 0.1) is 10.1 Å². The van der Waals surface area contributed by atoms with E-state index in [0.29, 0.717) is 11.1 Å². The Morgan fingerprint density at radius 3 is 2.61 bits per heavy atom. The molecule has 2 aromatic carbocycles. The van der Waals surface area contributed by atoms with Crippen molar-refractivity contribution in [2.45, 2.75) is 6.10 Å². The van der Waals surface area contributed by atoms with Gasteiger partial charge in [0.1, 0.15) is 0 Å². The SMILES string of the molecule is O=C(N/N=C/c1ccc(O)c([N+](=O)[O-])c1)C(O)c1ccccc1. The largest absolute Gasteiger partial charge is 0.502 e. The average Bonchev–Trinajstić information content (AvgIpc) is 2.56. The summed E-state index contributed by atoms with van der Waals surface area (Å²) in [7, 11) is 0. The molecule has 0 saturated carbocycles. The van der Waals surface area contributed by atoms with E-state index in [1.165, 1.54) is 12.3 Å². The summed E-state index contributed by atoms with van der Waals surface area (Å²) in [5.74, 6) is -1.20. The van der Waals surface area contributed by atoms with Gasteiger partial charge in [0.25, 0.3) is 5.91 Å². The molecule has 1 unspecified atom stereocenters. The molecule has 8 nitrogen and oxygen atoms in total. The van der Waals surface area contributed by atoms with Gasteiger partial charge >= 0.3 is 5.69 Å². The second kappa shape index (κ2) is 7.14. The van der Waals surface area contributed by atoms with E-state index in [-0.39, 0.29) is 0 Å².